The minimum atomic E-state index is 0.774. The van der Waals surface area contributed by atoms with Crippen molar-refractivity contribution in [3.05, 3.63) is 144 Å². The molecule has 11 rings (SSSR count). The fourth-order valence-corrected chi connectivity index (χ4v) is 10.4. The van der Waals surface area contributed by atoms with Crippen LogP contribution in [0.5, 0.6) is 0 Å². The standard InChI is InChI=1S/C44H27N3S2/c1-2-12-27(13-3-1)43-45-40(38-33-18-8-11-21-36(33)49-44(38)46-43)26-22-24-28(25-23-26)47-34-19-9-6-16-31(34)39-41(47)30-15-5-4-14-29(30)37-32-17-7-10-20-35(32)48-42(37)39/h1-7,9-17,19-25H,8,18H2. The van der Waals surface area contributed by atoms with E-state index >= 15 is 0 Å². The number of allylic oxidation sites excluding steroid dienone is 1. The van der Waals surface area contributed by atoms with Crippen molar-refractivity contribution in [2.75, 3.05) is 0 Å². The van der Waals surface area contributed by atoms with Gasteiger partial charge in [-0.1, -0.05) is 109 Å². The summed E-state index contributed by atoms with van der Waals surface area (Å²) in [6.45, 7) is 0. The van der Waals surface area contributed by atoms with E-state index in [0.717, 1.165) is 46.0 Å². The lowest BCUT2D eigenvalue weighted by Crippen LogP contribution is -1.98. The minimum absolute atomic E-state index is 0.774. The van der Waals surface area contributed by atoms with E-state index in [4.69, 9.17) is 9.97 Å². The van der Waals surface area contributed by atoms with Crippen LogP contribution in [0.25, 0.3) is 97.4 Å². The molecule has 0 saturated heterocycles. The van der Waals surface area contributed by atoms with Gasteiger partial charge in [-0.15, -0.1) is 22.7 Å². The molecule has 230 valence electrons. The largest absolute Gasteiger partial charge is 0.309 e. The summed E-state index contributed by atoms with van der Waals surface area (Å²) < 4.78 is 5.16. The maximum Gasteiger partial charge on any atom is 0.161 e. The van der Waals surface area contributed by atoms with Crippen LogP contribution in [-0.4, -0.2) is 14.5 Å². The molecule has 0 atom stereocenters. The first-order valence-corrected chi connectivity index (χ1v) is 18.4. The number of para-hydroxylation sites is 1. The van der Waals surface area contributed by atoms with E-state index in [2.05, 4.69) is 138 Å². The molecule has 0 fully saturated rings. The number of thiophene rings is 2. The van der Waals surface area contributed by atoms with Gasteiger partial charge in [0.15, 0.2) is 5.82 Å². The highest BCUT2D eigenvalue weighted by Gasteiger charge is 2.23. The Labute approximate surface area is 290 Å². The number of aryl methyl sites for hydroxylation is 1. The number of fused-ring (bicyclic) bond motifs is 13. The molecule has 3 nitrogen and oxygen atoms in total. The molecule has 0 amide bonds. The first kappa shape index (κ1) is 27.3. The molecule has 0 bridgehead atoms. The van der Waals surface area contributed by atoms with Crippen molar-refractivity contribution in [1.82, 2.24) is 14.5 Å². The Hall–Kier alpha value is -5.62. The van der Waals surface area contributed by atoms with Gasteiger partial charge >= 0.3 is 0 Å². The number of hydrogen-bond acceptors (Lipinski definition) is 4. The Morgan fingerprint density at radius 3 is 2.16 bits per heavy atom. The zero-order valence-corrected chi connectivity index (χ0v) is 28.0. The van der Waals surface area contributed by atoms with Gasteiger partial charge in [0.1, 0.15) is 4.83 Å². The van der Waals surface area contributed by atoms with Crippen LogP contribution in [0.4, 0.5) is 0 Å². The third kappa shape index (κ3) is 3.94. The molecule has 4 heterocycles. The highest BCUT2D eigenvalue weighted by Crippen LogP contribution is 2.48. The fraction of sp³-hybridized carbons (Fsp3) is 0.0455. The van der Waals surface area contributed by atoms with Crippen LogP contribution in [0.2, 0.25) is 0 Å². The quantitative estimate of drug-likeness (QED) is 0.189. The van der Waals surface area contributed by atoms with Crippen molar-refractivity contribution >= 4 is 91.7 Å². The lowest BCUT2D eigenvalue weighted by Gasteiger charge is -2.13. The summed E-state index contributed by atoms with van der Waals surface area (Å²) in [7, 11) is 0. The molecule has 5 heteroatoms. The Morgan fingerprint density at radius 2 is 1.31 bits per heavy atom. The molecule has 1 aliphatic carbocycles. The van der Waals surface area contributed by atoms with Gasteiger partial charge in [0, 0.05) is 63.4 Å². The van der Waals surface area contributed by atoms with Crippen molar-refractivity contribution in [2.45, 2.75) is 12.8 Å². The minimum Gasteiger partial charge on any atom is -0.309 e. The van der Waals surface area contributed by atoms with E-state index in [9.17, 15) is 0 Å². The molecule has 0 radical (unpaired) electrons. The van der Waals surface area contributed by atoms with Crippen LogP contribution in [0, 0.1) is 0 Å². The summed E-state index contributed by atoms with van der Waals surface area (Å²) in [4.78, 5) is 12.7. The van der Waals surface area contributed by atoms with E-state index in [1.165, 1.54) is 68.6 Å². The summed E-state index contributed by atoms with van der Waals surface area (Å²) in [5.74, 6) is 0.774. The third-order valence-corrected chi connectivity index (χ3v) is 12.4. The SMILES string of the molecule is C1=Cc2sc3nc(-c4ccccc4)nc(-c4ccc(-n5c6ccccc6c6c7sc8ccccc8c7c7ccccc7c65)cc4)c3c2CC1. The topological polar surface area (TPSA) is 30.7 Å². The van der Waals surface area contributed by atoms with Crippen LogP contribution >= 0.6 is 22.7 Å². The van der Waals surface area contributed by atoms with Crippen molar-refractivity contribution in [3.63, 3.8) is 0 Å². The third-order valence-electron chi connectivity index (χ3n) is 10.1. The normalized spacial score (nSPS) is 13.1. The van der Waals surface area contributed by atoms with Gasteiger partial charge in [-0.25, -0.2) is 9.97 Å². The second kappa shape index (κ2) is 10.4. The maximum atomic E-state index is 5.28. The van der Waals surface area contributed by atoms with Gasteiger partial charge in [0.2, 0.25) is 0 Å². The molecule has 0 aliphatic heterocycles. The number of benzene rings is 6. The Balaban J connectivity index is 1.18. The van der Waals surface area contributed by atoms with Crippen LogP contribution in [-0.2, 0) is 6.42 Å². The molecule has 0 spiro atoms. The summed E-state index contributed by atoms with van der Waals surface area (Å²) >= 11 is 3.69. The van der Waals surface area contributed by atoms with Crippen LogP contribution < -0.4 is 0 Å². The maximum absolute atomic E-state index is 5.28. The molecule has 1 aliphatic rings. The second-order valence-corrected chi connectivity index (χ2v) is 14.9. The van der Waals surface area contributed by atoms with Gasteiger partial charge in [0.05, 0.1) is 16.7 Å². The second-order valence-electron chi connectivity index (χ2n) is 12.8. The zero-order valence-electron chi connectivity index (χ0n) is 26.4. The van der Waals surface area contributed by atoms with Crippen molar-refractivity contribution < 1.29 is 0 Å². The van der Waals surface area contributed by atoms with Crippen LogP contribution in [0.3, 0.4) is 0 Å². The lowest BCUT2D eigenvalue weighted by molar-refractivity contribution is 1.00. The lowest BCUT2D eigenvalue weighted by atomic mass is 9.98. The first-order valence-electron chi connectivity index (χ1n) is 16.7. The summed E-state index contributed by atoms with van der Waals surface area (Å²) in [5.41, 5.74) is 8.16. The van der Waals surface area contributed by atoms with Crippen LogP contribution in [0.1, 0.15) is 16.9 Å². The smallest absolute Gasteiger partial charge is 0.161 e. The Kier molecular flexibility index (Phi) is 5.82. The number of rotatable bonds is 3. The molecule has 49 heavy (non-hydrogen) atoms. The van der Waals surface area contributed by atoms with E-state index in [1.807, 2.05) is 17.4 Å². The molecular formula is C44H27N3S2. The van der Waals surface area contributed by atoms with Crippen molar-refractivity contribution in [2.24, 2.45) is 0 Å². The van der Waals surface area contributed by atoms with E-state index in [0.29, 0.717) is 0 Å². The van der Waals surface area contributed by atoms with Gasteiger partial charge in [-0.05, 0) is 54.1 Å². The summed E-state index contributed by atoms with van der Waals surface area (Å²) in [6.07, 6.45) is 6.61. The molecular weight excluding hydrogens is 635 g/mol. The van der Waals surface area contributed by atoms with Crippen molar-refractivity contribution in [3.8, 4) is 28.3 Å². The van der Waals surface area contributed by atoms with Crippen molar-refractivity contribution in [1.29, 1.82) is 0 Å². The fourth-order valence-electron chi connectivity index (χ4n) is 7.96. The predicted octanol–water partition coefficient (Wildman–Crippen LogP) is 12.6. The Morgan fingerprint density at radius 1 is 0.571 bits per heavy atom. The average Bonchev–Trinajstić information content (AvgIpc) is 3.85. The average molecular weight is 662 g/mol. The highest BCUT2D eigenvalue weighted by atomic mass is 32.1. The summed E-state index contributed by atoms with van der Waals surface area (Å²) in [5, 5.41) is 9.08. The van der Waals surface area contributed by atoms with Gasteiger partial charge in [-0.2, -0.15) is 0 Å². The molecule has 0 N–H and O–H groups in total. The monoisotopic (exact) mass is 661 g/mol. The predicted molar refractivity (Wildman–Crippen MR) is 210 cm³/mol. The number of aromatic nitrogens is 3. The van der Waals surface area contributed by atoms with E-state index in [1.54, 1.807) is 11.3 Å². The van der Waals surface area contributed by atoms with E-state index in [-0.39, 0.29) is 0 Å². The number of hydrogen-bond donors (Lipinski definition) is 0. The number of nitrogens with zero attached hydrogens (tertiary/aromatic N) is 3. The molecule has 0 unspecified atom stereocenters. The highest BCUT2D eigenvalue weighted by molar-refractivity contribution is 7.27. The molecule has 0 saturated carbocycles. The Bertz CT molecular complexity index is 2980. The molecule has 10 aromatic rings. The summed E-state index contributed by atoms with van der Waals surface area (Å²) in [6, 6.07) is 46.1. The van der Waals surface area contributed by atoms with Gasteiger partial charge in [-0.3, -0.25) is 0 Å². The zero-order chi connectivity index (χ0) is 32.1. The first-order chi connectivity index (χ1) is 24.3. The van der Waals surface area contributed by atoms with E-state index < -0.39 is 0 Å². The van der Waals surface area contributed by atoms with Gasteiger partial charge < -0.3 is 4.57 Å². The molecule has 4 aromatic heterocycles. The molecule has 6 aromatic carbocycles. The van der Waals surface area contributed by atoms with Gasteiger partial charge in [0.25, 0.3) is 0 Å². The van der Waals surface area contributed by atoms with Crippen LogP contribution in [0.15, 0.2) is 133 Å².